The van der Waals surface area contributed by atoms with Gasteiger partial charge in [-0.3, -0.25) is 9.36 Å². The highest BCUT2D eigenvalue weighted by molar-refractivity contribution is 5.27. The van der Waals surface area contributed by atoms with Gasteiger partial charge >= 0.3 is 0 Å². The van der Waals surface area contributed by atoms with Gasteiger partial charge in [0.2, 0.25) is 0 Å². The Hall–Kier alpha value is -2.50. The van der Waals surface area contributed by atoms with Gasteiger partial charge in [0.15, 0.2) is 0 Å². The molecule has 3 rings (SSSR count). The van der Waals surface area contributed by atoms with Crippen LogP contribution in [0.1, 0.15) is 11.3 Å². The maximum absolute atomic E-state index is 11.8. The van der Waals surface area contributed by atoms with Crippen LogP contribution >= 0.6 is 0 Å². The summed E-state index contributed by atoms with van der Waals surface area (Å²) < 4.78 is 3.06. The van der Waals surface area contributed by atoms with Gasteiger partial charge in [-0.25, -0.2) is 0 Å². The van der Waals surface area contributed by atoms with Crippen molar-refractivity contribution in [2.45, 2.75) is 13.5 Å². The minimum Gasteiger partial charge on any atom is -0.294 e. The van der Waals surface area contributed by atoms with Crippen LogP contribution in [0.4, 0.5) is 0 Å². The standard InChI is InChI=1S/C12H11N5O/c1-9-11(18)17-12(15-14-9)16(8-13-17)7-10-5-3-2-4-6-10/h2-6,8H,7H2,1H3. The lowest BCUT2D eigenvalue weighted by atomic mass is 10.2. The van der Waals surface area contributed by atoms with Crippen molar-refractivity contribution in [2.75, 3.05) is 0 Å². The zero-order chi connectivity index (χ0) is 12.5. The normalized spacial score (nSPS) is 10.9. The molecular weight excluding hydrogens is 230 g/mol. The molecule has 1 aromatic carbocycles. The molecule has 0 N–H and O–H groups in total. The van der Waals surface area contributed by atoms with Crippen molar-refractivity contribution in [1.82, 2.24) is 24.4 Å². The Morgan fingerprint density at radius 2 is 1.94 bits per heavy atom. The van der Waals surface area contributed by atoms with E-state index in [2.05, 4.69) is 15.3 Å². The van der Waals surface area contributed by atoms with Crippen molar-refractivity contribution in [2.24, 2.45) is 0 Å². The lowest BCUT2D eigenvalue weighted by Crippen LogP contribution is -2.20. The van der Waals surface area contributed by atoms with E-state index in [1.807, 2.05) is 30.3 Å². The van der Waals surface area contributed by atoms with Crippen LogP contribution in [0.2, 0.25) is 0 Å². The quantitative estimate of drug-likeness (QED) is 0.660. The summed E-state index contributed by atoms with van der Waals surface area (Å²) >= 11 is 0. The summed E-state index contributed by atoms with van der Waals surface area (Å²) in [6.07, 6.45) is 1.60. The molecule has 6 heteroatoms. The molecule has 0 unspecified atom stereocenters. The molecule has 0 aliphatic rings. The van der Waals surface area contributed by atoms with E-state index in [4.69, 9.17) is 0 Å². The van der Waals surface area contributed by atoms with Crippen molar-refractivity contribution in [3.8, 4) is 0 Å². The lowest BCUT2D eigenvalue weighted by molar-refractivity contribution is 0.777. The van der Waals surface area contributed by atoms with Crippen LogP contribution in [0.5, 0.6) is 0 Å². The van der Waals surface area contributed by atoms with Crippen molar-refractivity contribution in [3.05, 3.63) is 58.3 Å². The Balaban J connectivity index is 2.09. The third kappa shape index (κ3) is 1.67. The molecule has 6 nitrogen and oxygen atoms in total. The number of benzene rings is 1. The van der Waals surface area contributed by atoms with Crippen molar-refractivity contribution >= 4 is 5.78 Å². The first-order valence-electron chi connectivity index (χ1n) is 5.57. The highest BCUT2D eigenvalue weighted by atomic mass is 16.1. The highest BCUT2D eigenvalue weighted by Crippen LogP contribution is 2.04. The number of nitrogens with zero attached hydrogens (tertiary/aromatic N) is 5. The van der Waals surface area contributed by atoms with Gasteiger partial charge in [-0.2, -0.15) is 9.61 Å². The number of aryl methyl sites for hydroxylation is 1. The molecule has 0 spiro atoms. The first kappa shape index (κ1) is 10.6. The molecule has 0 saturated heterocycles. The topological polar surface area (TPSA) is 65.1 Å². The summed E-state index contributed by atoms with van der Waals surface area (Å²) in [7, 11) is 0. The first-order chi connectivity index (χ1) is 8.75. The number of fused-ring (bicyclic) bond motifs is 1. The van der Waals surface area contributed by atoms with E-state index >= 15 is 0 Å². The van der Waals surface area contributed by atoms with Crippen LogP contribution in [0, 0.1) is 6.92 Å². The van der Waals surface area contributed by atoms with E-state index in [1.54, 1.807) is 17.8 Å². The van der Waals surface area contributed by atoms with Gasteiger partial charge in [0, 0.05) is 0 Å². The second-order valence-corrected chi connectivity index (χ2v) is 4.05. The van der Waals surface area contributed by atoms with Gasteiger partial charge in [0.05, 0.1) is 6.54 Å². The fourth-order valence-electron chi connectivity index (χ4n) is 1.79. The predicted molar refractivity (Wildman–Crippen MR) is 65.3 cm³/mol. The molecule has 2 aromatic heterocycles. The van der Waals surface area contributed by atoms with Crippen LogP contribution < -0.4 is 5.56 Å². The Labute approximate surface area is 103 Å². The molecule has 0 aliphatic heterocycles. The summed E-state index contributed by atoms with van der Waals surface area (Å²) in [5.41, 5.74) is 1.23. The van der Waals surface area contributed by atoms with Crippen molar-refractivity contribution < 1.29 is 0 Å². The largest absolute Gasteiger partial charge is 0.297 e. The minimum atomic E-state index is -0.230. The predicted octanol–water partition coefficient (Wildman–Crippen LogP) is 0.643. The van der Waals surface area contributed by atoms with Gasteiger partial charge in [-0.1, -0.05) is 30.3 Å². The number of aromatic nitrogens is 5. The van der Waals surface area contributed by atoms with E-state index in [0.717, 1.165) is 5.56 Å². The van der Waals surface area contributed by atoms with E-state index in [1.165, 1.54) is 4.52 Å². The number of rotatable bonds is 2. The minimum absolute atomic E-state index is 0.230. The third-order valence-corrected chi connectivity index (χ3v) is 2.74. The highest BCUT2D eigenvalue weighted by Gasteiger charge is 2.08. The Kier molecular flexibility index (Phi) is 2.40. The molecular formula is C12H11N5O. The van der Waals surface area contributed by atoms with Gasteiger partial charge in [-0.15, -0.1) is 10.2 Å². The zero-order valence-electron chi connectivity index (χ0n) is 9.82. The fraction of sp³-hybridized carbons (Fsp3) is 0.167. The second kappa shape index (κ2) is 4.06. The maximum atomic E-state index is 11.8. The van der Waals surface area contributed by atoms with Gasteiger partial charge in [-0.05, 0) is 12.5 Å². The van der Waals surface area contributed by atoms with Crippen LogP contribution in [-0.4, -0.2) is 24.4 Å². The van der Waals surface area contributed by atoms with E-state index < -0.39 is 0 Å². The van der Waals surface area contributed by atoms with Crippen LogP contribution in [0.25, 0.3) is 5.78 Å². The molecule has 0 amide bonds. The Morgan fingerprint density at radius 1 is 1.17 bits per heavy atom. The summed E-state index contributed by atoms with van der Waals surface area (Å²) in [6, 6.07) is 9.92. The zero-order valence-corrected chi connectivity index (χ0v) is 9.82. The van der Waals surface area contributed by atoms with Crippen molar-refractivity contribution in [1.29, 1.82) is 0 Å². The monoisotopic (exact) mass is 241 g/mol. The van der Waals surface area contributed by atoms with Crippen LogP contribution in [0.15, 0.2) is 41.5 Å². The third-order valence-electron chi connectivity index (χ3n) is 2.74. The fourth-order valence-corrected chi connectivity index (χ4v) is 1.79. The molecule has 0 bridgehead atoms. The molecule has 18 heavy (non-hydrogen) atoms. The van der Waals surface area contributed by atoms with Crippen molar-refractivity contribution in [3.63, 3.8) is 0 Å². The van der Waals surface area contributed by atoms with Gasteiger partial charge < -0.3 is 0 Å². The average molecular weight is 241 g/mol. The lowest BCUT2D eigenvalue weighted by Gasteiger charge is -2.02. The Morgan fingerprint density at radius 3 is 2.72 bits per heavy atom. The molecule has 0 radical (unpaired) electrons. The average Bonchev–Trinajstić information content (AvgIpc) is 2.79. The smallest absolute Gasteiger partial charge is 0.294 e. The SMILES string of the molecule is Cc1nnc2n(Cc3ccccc3)cnn2c1=O. The van der Waals surface area contributed by atoms with Gasteiger partial charge in [0.1, 0.15) is 12.0 Å². The summed E-state index contributed by atoms with van der Waals surface area (Å²) in [4.78, 5) is 11.8. The van der Waals surface area contributed by atoms with E-state index in [-0.39, 0.29) is 5.56 Å². The summed E-state index contributed by atoms with van der Waals surface area (Å²) in [5, 5.41) is 11.9. The second-order valence-electron chi connectivity index (χ2n) is 4.05. The molecule has 3 aromatic rings. The van der Waals surface area contributed by atoms with E-state index in [9.17, 15) is 4.79 Å². The summed E-state index contributed by atoms with van der Waals surface area (Å²) in [6.45, 7) is 2.24. The molecule has 0 saturated carbocycles. The number of hydrogen-bond donors (Lipinski definition) is 0. The number of hydrogen-bond acceptors (Lipinski definition) is 4. The van der Waals surface area contributed by atoms with E-state index in [0.29, 0.717) is 18.0 Å². The van der Waals surface area contributed by atoms with Crippen LogP contribution in [0.3, 0.4) is 0 Å². The first-order valence-corrected chi connectivity index (χ1v) is 5.57. The van der Waals surface area contributed by atoms with Gasteiger partial charge in [0.25, 0.3) is 11.3 Å². The molecule has 0 fully saturated rings. The van der Waals surface area contributed by atoms with Crippen LogP contribution in [-0.2, 0) is 6.54 Å². The molecule has 0 atom stereocenters. The molecule has 2 heterocycles. The molecule has 90 valence electrons. The maximum Gasteiger partial charge on any atom is 0.297 e. The summed E-state index contributed by atoms with van der Waals surface area (Å²) in [5.74, 6) is 0.453. The molecule has 0 aliphatic carbocycles. The Bertz CT molecular complexity index is 744.